The van der Waals surface area contributed by atoms with Gasteiger partial charge in [-0.15, -0.1) is 0 Å². The maximum Gasteiger partial charge on any atom is 0.389 e. The average Bonchev–Trinajstić information content (AvgIpc) is 2.57. The lowest BCUT2D eigenvalue weighted by Crippen LogP contribution is -2.19. The van der Waals surface area contributed by atoms with E-state index in [4.69, 9.17) is 4.52 Å². The lowest BCUT2D eigenvalue weighted by molar-refractivity contribution is -0.134. The zero-order valence-corrected chi connectivity index (χ0v) is 11.4. The first-order chi connectivity index (χ1) is 8.64. The Morgan fingerprint density at radius 2 is 2.00 bits per heavy atom. The van der Waals surface area contributed by atoms with E-state index in [1.54, 1.807) is 6.92 Å². The molecule has 19 heavy (non-hydrogen) atoms. The third-order valence-corrected chi connectivity index (χ3v) is 3.74. The third kappa shape index (κ3) is 5.09. The van der Waals surface area contributed by atoms with Gasteiger partial charge in [-0.3, -0.25) is 4.72 Å². The van der Waals surface area contributed by atoms with Crippen molar-refractivity contribution in [2.75, 3.05) is 10.5 Å². The van der Waals surface area contributed by atoms with Crippen LogP contribution in [-0.2, 0) is 16.4 Å². The number of aromatic nitrogens is 1. The molecule has 0 saturated heterocycles. The first-order valence-electron chi connectivity index (χ1n) is 5.67. The fourth-order valence-electron chi connectivity index (χ4n) is 1.46. The molecular weight excluding hydrogens is 285 g/mol. The minimum absolute atomic E-state index is 0.217. The van der Waals surface area contributed by atoms with Crippen molar-refractivity contribution in [3.05, 3.63) is 11.5 Å². The fourth-order valence-corrected chi connectivity index (χ4v) is 2.66. The quantitative estimate of drug-likeness (QED) is 0.876. The van der Waals surface area contributed by atoms with Crippen LogP contribution >= 0.6 is 0 Å². The summed E-state index contributed by atoms with van der Waals surface area (Å²) in [6, 6.07) is 0. The molecule has 0 aliphatic rings. The smallest absolute Gasteiger partial charge is 0.359 e. The molecule has 0 unspecified atom stereocenters. The molecule has 0 fully saturated rings. The van der Waals surface area contributed by atoms with Crippen LogP contribution in [0.4, 0.5) is 18.9 Å². The summed E-state index contributed by atoms with van der Waals surface area (Å²) in [5, 5.41) is 3.66. The van der Waals surface area contributed by atoms with Gasteiger partial charge in [0.05, 0.1) is 5.75 Å². The number of nitrogens with zero attached hydrogens (tertiary/aromatic N) is 1. The number of sulfonamides is 1. The lowest BCUT2D eigenvalue weighted by atomic mass is 10.3. The molecule has 9 heteroatoms. The van der Waals surface area contributed by atoms with Gasteiger partial charge in [-0.1, -0.05) is 12.1 Å². The summed E-state index contributed by atoms with van der Waals surface area (Å²) in [5.74, 6) is -0.309. The maximum atomic E-state index is 12.0. The zero-order chi connectivity index (χ0) is 14.7. The van der Waals surface area contributed by atoms with E-state index in [0.29, 0.717) is 12.1 Å². The van der Waals surface area contributed by atoms with Crippen molar-refractivity contribution < 1.29 is 26.1 Å². The molecule has 0 spiro atoms. The van der Waals surface area contributed by atoms with Crippen molar-refractivity contribution in [2.45, 2.75) is 39.3 Å². The zero-order valence-electron chi connectivity index (χ0n) is 10.5. The van der Waals surface area contributed by atoms with Crippen LogP contribution in [0.25, 0.3) is 0 Å². The Kier molecular flexibility index (Phi) is 4.83. The van der Waals surface area contributed by atoms with E-state index >= 15 is 0 Å². The number of hydrogen-bond acceptors (Lipinski definition) is 4. The summed E-state index contributed by atoms with van der Waals surface area (Å²) in [4.78, 5) is 0. The van der Waals surface area contributed by atoms with Gasteiger partial charge < -0.3 is 4.52 Å². The van der Waals surface area contributed by atoms with Crippen LogP contribution in [0.3, 0.4) is 0 Å². The lowest BCUT2D eigenvalue weighted by Gasteiger charge is -2.09. The van der Waals surface area contributed by atoms with Gasteiger partial charge in [0.15, 0.2) is 5.76 Å². The van der Waals surface area contributed by atoms with Crippen molar-refractivity contribution in [1.29, 1.82) is 0 Å². The highest BCUT2D eigenvalue weighted by atomic mass is 32.2. The first kappa shape index (κ1) is 15.8. The van der Waals surface area contributed by atoms with E-state index < -0.39 is 34.8 Å². The summed E-state index contributed by atoms with van der Waals surface area (Å²) in [7, 11) is -3.83. The first-order valence-corrected chi connectivity index (χ1v) is 7.32. The monoisotopic (exact) mass is 300 g/mol. The minimum Gasteiger partial charge on any atom is -0.359 e. The number of rotatable bonds is 6. The van der Waals surface area contributed by atoms with Gasteiger partial charge in [0.1, 0.15) is 11.4 Å². The van der Waals surface area contributed by atoms with Gasteiger partial charge in [-0.25, -0.2) is 8.42 Å². The molecule has 0 atom stereocenters. The SMILES string of the molecule is CCc1noc(C)c1NS(=O)(=O)CCCC(F)(F)F. The Morgan fingerprint density at radius 3 is 2.53 bits per heavy atom. The van der Waals surface area contributed by atoms with Crippen molar-refractivity contribution in [1.82, 2.24) is 5.16 Å². The van der Waals surface area contributed by atoms with Crippen LogP contribution in [0.5, 0.6) is 0 Å². The minimum atomic E-state index is -4.35. The number of alkyl halides is 3. The largest absolute Gasteiger partial charge is 0.389 e. The van der Waals surface area contributed by atoms with E-state index in [9.17, 15) is 21.6 Å². The Morgan fingerprint density at radius 1 is 1.37 bits per heavy atom. The molecule has 0 bridgehead atoms. The Labute approximate surface area is 109 Å². The third-order valence-electron chi connectivity index (χ3n) is 2.40. The molecule has 1 aromatic rings. The molecule has 1 aromatic heterocycles. The van der Waals surface area contributed by atoms with Gasteiger partial charge in [-0.2, -0.15) is 13.2 Å². The molecule has 0 radical (unpaired) electrons. The molecule has 0 aliphatic heterocycles. The maximum absolute atomic E-state index is 12.0. The predicted octanol–water partition coefficient (Wildman–Crippen LogP) is 2.63. The fraction of sp³-hybridized carbons (Fsp3) is 0.700. The van der Waals surface area contributed by atoms with Gasteiger partial charge >= 0.3 is 6.18 Å². The second-order valence-corrected chi connectivity index (χ2v) is 5.90. The van der Waals surface area contributed by atoms with Gasteiger partial charge in [0.25, 0.3) is 0 Å². The van der Waals surface area contributed by atoms with E-state index in [-0.39, 0.29) is 11.4 Å². The van der Waals surface area contributed by atoms with Crippen molar-refractivity contribution in [3.8, 4) is 0 Å². The van der Waals surface area contributed by atoms with Crippen LogP contribution in [0.2, 0.25) is 0 Å². The van der Waals surface area contributed by atoms with Crippen molar-refractivity contribution in [3.63, 3.8) is 0 Å². The van der Waals surface area contributed by atoms with Gasteiger partial charge in [-0.05, 0) is 19.8 Å². The molecule has 0 aliphatic carbocycles. The van der Waals surface area contributed by atoms with Crippen molar-refractivity contribution in [2.24, 2.45) is 0 Å². The highest BCUT2D eigenvalue weighted by Gasteiger charge is 2.28. The second kappa shape index (κ2) is 5.81. The molecule has 0 amide bonds. The Balaban J connectivity index is 2.67. The topological polar surface area (TPSA) is 72.2 Å². The van der Waals surface area contributed by atoms with Gasteiger partial charge in [0.2, 0.25) is 10.0 Å². The molecule has 1 N–H and O–H groups in total. The highest BCUT2D eigenvalue weighted by Crippen LogP contribution is 2.24. The van der Waals surface area contributed by atoms with Gasteiger partial charge in [0, 0.05) is 6.42 Å². The molecular formula is C10H15F3N2O3S. The van der Waals surface area contributed by atoms with E-state index in [1.807, 2.05) is 0 Å². The molecule has 1 rings (SSSR count). The molecule has 0 aromatic carbocycles. The molecule has 110 valence electrons. The number of halogens is 3. The second-order valence-electron chi connectivity index (χ2n) is 4.05. The Hall–Kier alpha value is -1.25. The summed E-state index contributed by atoms with van der Waals surface area (Å²) in [6.45, 7) is 3.29. The summed E-state index contributed by atoms with van der Waals surface area (Å²) in [5.41, 5.74) is 0.645. The Bertz CT molecular complexity index is 523. The summed E-state index contributed by atoms with van der Waals surface area (Å²) >= 11 is 0. The standard InChI is InChI=1S/C10H15F3N2O3S/c1-3-8-9(7(2)18-14-8)15-19(16,17)6-4-5-10(11,12)13/h15H,3-6H2,1-2H3. The number of nitrogens with one attached hydrogen (secondary N) is 1. The van der Waals surface area contributed by atoms with Crippen molar-refractivity contribution >= 4 is 15.7 Å². The van der Waals surface area contributed by atoms with E-state index in [1.165, 1.54) is 6.92 Å². The average molecular weight is 300 g/mol. The van der Waals surface area contributed by atoms with Crippen LogP contribution < -0.4 is 4.72 Å². The van der Waals surface area contributed by atoms with E-state index in [2.05, 4.69) is 9.88 Å². The van der Waals surface area contributed by atoms with Crippen LogP contribution in [-0.4, -0.2) is 25.5 Å². The van der Waals surface area contributed by atoms with Crippen LogP contribution in [0, 0.1) is 6.92 Å². The number of anilines is 1. The molecule has 5 nitrogen and oxygen atoms in total. The van der Waals surface area contributed by atoms with Crippen LogP contribution in [0.1, 0.15) is 31.2 Å². The highest BCUT2D eigenvalue weighted by molar-refractivity contribution is 7.92. The number of aryl methyl sites for hydroxylation is 2. The van der Waals surface area contributed by atoms with E-state index in [0.717, 1.165) is 0 Å². The number of hydrogen-bond donors (Lipinski definition) is 1. The normalized spacial score (nSPS) is 12.7. The molecule has 1 heterocycles. The molecule has 0 saturated carbocycles. The summed E-state index contributed by atoms with van der Waals surface area (Å²) < 4.78 is 66.2. The van der Waals surface area contributed by atoms with Crippen LogP contribution in [0.15, 0.2) is 4.52 Å². The summed E-state index contributed by atoms with van der Waals surface area (Å²) in [6.07, 6.45) is -5.50. The predicted molar refractivity (Wildman–Crippen MR) is 63.3 cm³/mol.